The van der Waals surface area contributed by atoms with Gasteiger partial charge in [-0.3, -0.25) is 12.2 Å². The monoisotopic (exact) mass is 434 g/mol. The minimum Gasteiger partial charge on any atom is -1.00 e. The smallest absolute Gasteiger partial charge is 1.00 e. The van der Waals surface area contributed by atoms with Crippen LogP contribution in [0.5, 0.6) is 0 Å². The van der Waals surface area contributed by atoms with Crippen LogP contribution in [0.3, 0.4) is 0 Å². The Bertz CT molecular complexity index is 270. The zero-order valence-corrected chi connectivity index (χ0v) is 16.5. The summed E-state index contributed by atoms with van der Waals surface area (Å²) in [7, 11) is 0. The van der Waals surface area contributed by atoms with Crippen LogP contribution in [-0.2, 0) is 26.2 Å². The third kappa shape index (κ3) is 8.51. The zero-order chi connectivity index (χ0) is 10.6. The molecular formula is C14H18Br2Zr. The van der Waals surface area contributed by atoms with E-state index in [1.54, 1.807) is 0 Å². The molecule has 92 valence electrons. The van der Waals surface area contributed by atoms with Crippen molar-refractivity contribution in [2.75, 3.05) is 0 Å². The molecule has 0 aromatic carbocycles. The molecule has 0 amide bonds. The fraction of sp³-hybridized carbons (Fsp3) is 0.429. The molecule has 0 aromatic heterocycles. The molecule has 0 spiro atoms. The molecule has 0 nitrogen and oxygen atoms in total. The molecule has 0 unspecified atom stereocenters. The number of allylic oxidation sites excluding steroid dienone is 8. The molecule has 17 heavy (non-hydrogen) atoms. The molecule has 0 atom stereocenters. The van der Waals surface area contributed by atoms with Crippen LogP contribution in [-0.4, -0.2) is 0 Å². The molecule has 3 heteroatoms. The molecule has 0 N–H and O–H groups in total. The maximum absolute atomic E-state index is 3.19. The molecular weight excluding hydrogens is 419 g/mol. The van der Waals surface area contributed by atoms with E-state index in [4.69, 9.17) is 0 Å². The van der Waals surface area contributed by atoms with Crippen molar-refractivity contribution in [1.29, 1.82) is 0 Å². The van der Waals surface area contributed by atoms with Crippen LogP contribution in [0.4, 0.5) is 0 Å². The maximum atomic E-state index is 3.19. The predicted molar refractivity (Wildman–Crippen MR) is 61.6 cm³/mol. The first kappa shape index (κ1) is 22.9. The van der Waals surface area contributed by atoms with Crippen molar-refractivity contribution in [3.05, 3.63) is 46.6 Å². The molecule has 0 heterocycles. The van der Waals surface area contributed by atoms with Crippen molar-refractivity contribution in [2.45, 2.75) is 40.5 Å². The predicted octanol–water partition coefficient (Wildman–Crippen LogP) is -1.82. The molecule has 2 aliphatic rings. The standard InChI is InChI=1S/2C7H9.2BrH.Zr/c2*1-6-4-3-5-7(6)2;;;/h2*4H,3H2,1-2H3;2*1H;/q2*-1;;;+4/p-2. The van der Waals surface area contributed by atoms with Crippen LogP contribution in [0, 0.1) is 12.2 Å². The van der Waals surface area contributed by atoms with Gasteiger partial charge in [0, 0.05) is 0 Å². The Kier molecular flexibility index (Phi) is 16.0. The van der Waals surface area contributed by atoms with Gasteiger partial charge in [0.15, 0.2) is 0 Å². The van der Waals surface area contributed by atoms with Gasteiger partial charge in [0.25, 0.3) is 0 Å². The summed E-state index contributed by atoms with van der Waals surface area (Å²) < 4.78 is 0. The summed E-state index contributed by atoms with van der Waals surface area (Å²) in [5, 5.41) is 0. The largest absolute Gasteiger partial charge is 4.00 e. The van der Waals surface area contributed by atoms with Crippen molar-refractivity contribution in [3.63, 3.8) is 0 Å². The Labute approximate surface area is 146 Å². The van der Waals surface area contributed by atoms with Crippen LogP contribution in [0.1, 0.15) is 40.5 Å². The molecule has 0 radical (unpaired) electrons. The molecule has 0 bridgehead atoms. The summed E-state index contributed by atoms with van der Waals surface area (Å²) in [5.41, 5.74) is 5.42. The van der Waals surface area contributed by atoms with E-state index in [2.05, 4.69) is 52.0 Å². The minimum absolute atomic E-state index is 0. The van der Waals surface area contributed by atoms with Crippen molar-refractivity contribution in [3.8, 4) is 0 Å². The normalized spacial score (nSPS) is 15.8. The van der Waals surface area contributed by atoms with Gasteiger partial charge >= 0.3 is 26.2 Å². The van der Waals surface area contributed by atoms with Gasteiger partial charge in [-0.1, -0.05) is 13.8 Å². The third-order valence-corrected chi connectivity index (χ3v) is 2.73. The van der Waals surface area contributed by atoms with Crippen molar-refractivity contribution in [1.82, 2.24) is 0 Å². The molecule has 2 aliphatic carbocycles. The van der Waals surface area contributed by atoms with Gasteiger partial charge in [-0.25, -0.2) is 22.3 Å². The second-order valence-corrected chi connectivity index (χ2v) is 3.79. The quantitative estimate of drug-likeness (QED) is 0.392. The minimum atomic E-state index is 0. The second-order valence-electron chi connectivity index (χ2n) is 3.79. The first-order valence-corrected chi connectivity index (χ1v) is 5.10. The third-order valence-electron chi connectivity index (χ3n) is 2.73. The maximum Gasteiger partial charge on any atom is 4.00 e. The summed E-state index contributed by atoms with van der Waals surface area (Å²) in [6.07, 6.45) is 12.8. The van der Waals surface area contributed by atoms with Gasteiger partial charge < -0.3 is 34.0 Å². The molecule has 0 aromatic rings. The average Bonchev–Trinajstić information content (AvgIpc) is 2.67. The first-order valence-electron chi connectivity index (χ1n) is 5.10. The average molecular weight is 437 g/mol. The van der Waals surface area contributed by atoms with E-state index in [9.17, 15) is 0 Å². The first-order chi connectivity index (χ1) is 6.61. The molecule has 0 aliphatic heterocycles. The Morgan fingerprint density at radius 2 is 1.06 bits per heavy atom. The Hall–Kier alpha value is 0.803. The van der Waals surface area contributed by atoms with E-state index in [0.29, 0.717) is 0 Å². The second kappa shape index (κ2) is 11.9. The molecule has 0 fully saturated rings. The van der Waals surface area contributed by atoms with Crippen LogP contribution in [0.25, 0.3) is 0 Å². The van der Waals surface area contributed by atoms with Gasteiger partial charge in [-0.15, -0.1) is 26.7 Å². The van der Waals surface area contributed by atoms with E-state index in [1.165, 1.54) is 22.3 Å². The van der Waals surface area contributed by atoms with Crippen molar-refractivity contribution < 1.29 is 60.2 Å². The summed E-state index contributed by atoms with van der Waals surface area (Å²) in [5.74, 6) is 0. The molecule has 0 saturated carbocycles. The van der Waals surface area contributed by atoms with Crippen molar-refractivity contribution >= 4 is 0 Å². The Morgan fingerprint density at radius 3 is 1.12 bits per heavy atom. The van der Waals surface area contributed by atoms with Crippen LogP contribution >= 0.6 is 0 Å². The zero-order valence-electron chi connectivity index (χ0n) is 10.8. The van der Waals surface area contributed by atoms with E-state index in [-0.39, 0.29) is 60.2 Å². The number of rotatable bonds is 0. The topological polar surface area (TPSA) is 0 Å². The van der Waals surface area contributed by atoms with Gasteiger partial charge in [0.05, 0.1) is 0 Å². The fourth-order valence-corrected chi connectivity index (χ4v) is 1.30. The summed E-state index contributed by atoms with van der Waals surface area (Å²) >= 11 is 0. The summed E-state index contributed by atoms with van der Waals surface area (Å²) in [6.45, 7) is 8.43. The van der Waals surface area contributed by atoms with Gasteiger partial charge in [-0.2, -0.15) is 12.2 Å². The van der Waals surface area contributed by atoms with Crippen LogP contribution in [0.2, 0.25) is 0 Å². The number of hydrogen-bond donors (Lipinski definition) is 0. The van der Waals surface area contributed by atoms with E-state index < -0.39 is 0 Å². The van der Waals surface area contributed by atoms with Gasteiger partial charge in [-0.05, 0) is 0 Å². The summed E-state index contributed by atoms with van der Waals surface area (Å²) in [6, 6.07) is 0. The fourth-order valence-electron chi connectivity index (χ4n) is 1.30. The van der Waals surface area contributed by atoms with Gasteiger partial charge in [0.2, 0.25) is 0 Å². The van der Waals surface area contributed by atoms with E-state index >= 15 is 0 Å². The Balaban J connectivity index is -0.000000196. The van der Waals surface area contributed by atoms with Crippen LogP contribution < -0.4 is 34.0 Å². The molecule has 2 rings (SSSR count). The van der Waals surface area contributed by atoms with E-state index in [1.807, 2.05) is 0 Å². The number of hydrogen-bond acceptors (Lipinski definition) is 0. The SMILES string of the molecule is CC1=[C-]CC=C1C.CC1=[C-]CC=C1C.[Br-].[Br-].[Zr+4]. The van der Waals surface area contributed by atoms with E-state index in [0.717, 1.165) is 12.8 Å². The Morgan fingerprint density at radius 1 is 0.765 bits per heavy atom. The van der Waals surface area contributed by atoms with Crippen LogP contribution in [0.15, 0.2) is 34.4 Å². The van der Waals surface area contributed by atoms with Crippen molar-refractivity contribution in [2.24, 2.45) is 0 Å². The van der Waals surface area contributed by atoms with Gasteiger partial charge in [0.1, 0.15) is 0 Å². The number of halogens is 2. The summed E-state index contributed by atoms with van der Waals surface area (Å²) in [4.78, 5) is 0. The molecule has 0 saturated heterocycles.